The molecule has 2 amide bonds. The molecular formula is C16H21FN4O2. The third kappa shape index (κ3) is 3.85. The molecule has 0 fully saturated rings. The van der Waals surface area contributed by atoms with Crippen molar-refractivity contribution in [3.8, 4) is 0 Å². The van der Waals surface area contributed by atoms with Gasteiger partial charge in [-0.25, -0.2) is 4.39 Å². The third-order valence-corrected chi connectivity index (χ3v) is 3.56. The highest BCUT2D eigenvalue weighted by molar-refractivity contribution is 6.40. The molecular weight excluding hydrogens is 299 g/mol. The van der Waals surface area contributed by atoms with Gasteiger partial charge in [0, 0.05) is 20.0 Å². The number of rotatable bonds is 5. The normalized spacial score (nSPS) is 17.3. The van der Waals surface area contributed by atoms with Crippen molar-refractivity contribution in [2.45, 2.75) is 26.3 Å². The number of hydrogen-bond acceptors (Lipinski definition) is 4. The summed E-state index contributed by atoms with van der Waals surface area (Å²) in [5, 5.41) is 5.64. The maximum absolute atomic E-state index is 13.1. The lowest BCUT2D eigenvalue weighted by atomic mass is 10.1. The van der Waals surface area contributed by atoms with E-state index in [1.165, 1.54) is 29.3 Å². The van der Waals surface area contributed by atoms with E-state index in [1.807, 2.05) is 13.8 Å². The molecule has 6 nitrogen and oxygen atoms in total. The fraction of sp³-hybridized carbons (Fsp3) is 0.438. The van der Waals surface area contributed by atoms with Crippen molar-refractivity contribution >= 4 is 23.2 Å². The molecule has 124 valence electrons. The van der Waals surface area contributed by atoms with Crippen molar-refractivity contribution in [1.29, 1.82) is 0 Å². The van der Waals surface area contributed by atoms with Crippen LogP contribution in [0.3, 0.4) is 0 Å². The lowest BCUT2D eigenvalue weighted by Crippen LogP contribution is -2.40. The van der Waals surface area contributed by atoms with Crippen molar-refractivity contribution in [3.63, 3.8) is 0 Å². The zero-order valence-corrected chi connectivity index (χ0v) is 13.5. The minimum absolute atomic E-state index is 0.147. The van der Waals surface area contributed by atoms with Crippen molar-refractivity contribution in [1.82, 2.24) is 4.90 Å². The number of carbonyl (C=O) groups excluding carboxylic acids is 2. The summed E-state index contributed by atoms with van der Waals surface area (Å²) in [5.74, 6) is -0.867. The van der Waals surface area contributed by atoms with Crippen LogP contribution in [0.2, 0.25) is 0 Å². The number of hydrazone groups is 1. The molecule has 1 unspecified atom stereocenters. The van der Waals surface area contributed by atoms with Crippen molar-refractivity contribution < 1.29 is 14.0 Å². The molecule has 1 heterocycles. The number of carbonyl (C=O) groups is 2. The highest BCUT2D eigenvalue weighted by Gasteiger charge is 2.35. The Morgan fingerprint density at radius 3 is 2.52 bits per heavy atom. The van der Waals surface area contributed by atoms with Gasteiger partial charge in [-0.15, -0.1) is 0 Å². The molecule has 1 aliphatic rings. The fourth-order valence-electron chi connectivity index (χ4n) is 2.54. The van der Waals surface area contributed by atoms with E-state index in [0.717, 1.165) is 0 Å². The largest absolute Gasteiger partial charge is 0.368 e. The summed E-state index contributed by atoms with van der Waals surface area (Å²) >= 11 is 0. The first-order valence-electron chi connectivity index (χ1n) is 7.46. The van der Waals surface area contributed by atoms with Crippen molar-refractivity contribution in [2.75, 3.05) is 18.6 Å². The number of anilines is 1. The van der Waals surface area contributed by atoms with Crippen LogP contribution in [-0.4, -0.2) is 42.1 Å². The van der Waals surface area contributed by atoms with Crippen LogP contribution in [0.4, 0.5) is 10.1 Å². The Labute approximate surface area is 134 Å². The SMILES string of the molecule is CC(C)CN(C)C(=O)C1=NN(c2ccc(F)cc2)C(C(N)=O)C1. The van der Waals surface area contributed by atoms with Crippen LogP contribution in [-0.2, 0) is 9.59 Å². The Morgan fingerprint density at radius 1 is 1.39 bits per heavy atom. The van der Waals surface area contributed by atoms with Gasteiger partial charge < -0.3 is 10.6 Å². The Hall–Kier alpha value is -2.44. The van der Waals surface area contributed by atoms with E-state index in [9.17, 15) is 14.0 Å². The second-order valence-corrected chi connectivity index (χ2v) is 6.07. The van der Waals surface area contributed by atoms with Gasteiger partial charge in [-0.2, -0.15) is 5.10 Å². The number of benzene rings is 1. The highest BCUT2D eigenvalue weighted by Crippen LogP contribution is 2.25. The molecule has 23 heavy (non-hydrogen) atoms. The van der Waals surface area contributed by atoms with Gasteiger partial charge in [0.1, 0.15) is 17.6 Å². The summed E-state index contributed by atoms with van der Waals surface area (Å²) in [5.41, 5.74) is 6.22. The van der Waals surface area contributed by atoms with E-state index in [2.05, 4.69) is 5.10 Å². The predicted molar refractivity (Wildman–Crippen MR) is 86.4 cm³/mol. The first-order valence-corrected chi connectivity index (χ1v) is 7.46. The highest BCUT2D eigenvalue weighted by atomic mass is 19.1. The van der Waals surface area contributed by atoms with Crippen molar-refractivity contribution in [3.05, 3.63) is 30.1 Å². The van der Waals surface area contributed by atoms with Gasteiger partial charge in [0.05, 0.1) is 5.69 Å². The molecule has 0 radical (unpaired) electrons. The molecule has 1 aromatic carbocycles. The first kappa shape index (κ1) is 16.9. The summed E-state index contributed by atoms with van der Waals surface area (Å²) in [6.07, 6.45) is 0.147. The van der Waals surface area contributed by atoms with Gasteiger partial charge in [0.2, 0.25) is 5.91 Å². The summed E-state index contributed by atoms with van der Waals surface area (Å²) in [4.78, 5) is 25.7. The zero-order chi connectivity index (χ0) is 17.1. The molecule has 0 saturated heterocycles. The van der Waals surface area contributed by atoms with E-state index < -0.39 is 11.9 Å². The molecule has 7 heteroatoms. The third-order valence-electron chi connectivity index (χ3n) is 3.56. The first-order chi connectivity index (χ1) is 10.8. The Bertz CT molecular complexity index is 627. The van der Waals surface area contributed by atoms with Crippen LogP contribution in [0.15, 0.2) is 29.4 Å². The monoisotopic (exact) mass is 320 g/mol. The van der Waals surface area contributed by atoms with Gasteiger partial charge >= 0.3 is 0 Å². The van der Waals surface area contributed by atoms with Crippen molar-refractivity contribution in [2.24, 2.45) is 16.8 Å². The lowest BCUT2D eigenvalue weighted by Gasteiger charge is -2.20. The number of hydrogen-bond donors (Lipinski definition) is 1. The van der Waals surface area contributed by atoms with Crippen LogP contribution < -0.4 is 10.7 Å². The molecule has 1 atom stereocenters. The average molecular weight is 320 g/mol. The van der Waals surface area contributed by atoms with E-state index in [1.54, 1.807) is 11.9 Å². The maximum Gasteiger partial charge on any atom is 0.269 e. The van der Waals surface area contributed by atoms with E-state index in [4.69, 9.17) is 5.73 Å². The minimum Gasteiger partial charge on any atom is -0.368 e. The molecule has 0 saturated carbocycles. The number of primary amides is 1. The molecule has 0 spiro atoms. The number of halogens is 1. The Balaban J connectivity index is 2.25. The zero-order valence-electron chi connectivity index (χ0n) is 13.5. The van der Waals surface area contributed by atoms with E-state index in [0.29, 0.717) is 18.2 Å². The number of nitrogens with zero attached hydrogens (tertiary/aromatic N) is 3. The average Bonchev–Trinajstić information content (AvgIpc) is 2.91. The van der Waals surface area contributed by atoms with Gasteiger partial charge in [-0.05, 0) is 30.2 Å². The summed E-state index contributed by atoms with van der Waals surface area (Å²) in [6.45, 7) is 4.62. The second-order valence-electron chi connectivity index (χ2n) is 6.07. The molecule has 0 aromatic heterocycles. The van der Waals surface area contributed by atoms with Crippen LogP contribution in [0.1, 0.15) is 20.3 Å². The maximum atomic E-state index is 13.1. The van der Waals surface area contributed by atoms with Gasteiger partial charge in [0.15, 0.2) is 0 Å². The van der Waals surface area contributed by atoms with E-state index >= 15 is 0 Å². The lowest BCUT2D eigenvalue weighted by molar-refractivity contribution is -0.123. The quantitative estimate of drug-likeness (QED) is 0.889. The molecule has 2 N–H and O–H groups in total. The number of nitrogens with two attached hydrogens (primary N) is 1. The standard InChI is InChI=1S/C16H21FN4O2/c1-10(2)9-20(3)16(23)13-8-14(15(18)22)21(19-13)12-6-4-11(17)5-7-12/h4-7,10,14H,8-9H2,1-3H3,(H2,18,22). The van der Waals surface area contributed by atoms with Gasteiger partial charge in [0.25, 0.3) is 5.91 Å². The molecule has 1 aliphatic heterocycles. The Kier molecular flexibility index (Phi) is 4.98. The molecule has 0 aliphatic carbocycles. The van der Waals surface area contributed by atoms with Crippen LogP contribution in [0.5, 0.6) is 0 Å². The smallest absolute Gasteiger partial charge is 0.269 e. The predicted octanol–water partition coefficient (Wildman–Crippen LogP) is 1.36. The van der Waals surface area contributed by atoms with Crippen LogP contribution in [0.25, 0.3) is 0 Å². The van der Waals surface area contributed by atoms with Gasteiger partial charge in [-0.1, -0.05) is 13.8 Å². The topological polar surface area (TPSA) is 79.0 Å². The molecule has 1 aromatic rings. The Morgan fingerprint density at radius 2 is 2.00 bits per heavy atom. The summed E-state index contributed by atoms with van der Waals surface area (Å²) < 4.78 is 13.1. The summed E-state index contributed by atoms with van der Waals surface area (Å²) in [7, 11) is 1.70. The van der Waals surface area contributed by atoms with Gasteiger partial charge in [-0.3, -0.25) is 14.6 Å². The van der Waals surface area contributed by atoms with E-state index in [-0.39, 0.29) is 23.9 Å². The van der Waals surface area contributed by atoms with Crippen LogP contribution >= 0.6 is 0 Å². The van der Waals surface area contributed by atoms with Crippen LogP contribution in [0, 0.1) is 11.7 Å². The fourth-order valence-corrected chi connectivity index (χ4v) is 2.54. The second kappa shape index (κ2) is 6.76. The molecule has 0 bridgehead atoms. The summed E-state index contributed by atoms with van der Waals surface area (Å²) in [6, 6.07) is 4.80. The number of amides is 2. The molecule has 2 rings (SSSR count). The minimum atomic E-state index is -0.744.